The molecule has 1 aromatic rings. The lowest BCUT2D eigenvalue weighted by Gasteiger charge is -2.26. The van der Waals surface area contributed by atoms with Gasteiger partial charge in [-0.05, 0) is 48.0 Å². The van der Waals surface area contributed by atoms with E-state index >= 15 is 0 Å². The van der Waals surface area contributed by atoms with Crippen molar-refractivity contribution < 1.29 is 9.90 Å². The Morgan fingerprint density at radius 3 is 2.71 bits per heavy atom. The molecule has 0 radical (unpaired) electrons. The van der Waals surface area contributed by atoms with E-state index in [2.05, 4.69) is 21.2 Å². The highest BCUT2D eigenvalue weighted by Gasteiger charge is 2.22. The standard InChI is InChI=1S/C12H13BrN2O2/c1-12(2,6-11(16)17)15-10-4-3-8(7-14)5-9(10)13/h3-5,15H,6H2,1-2H3,(H,16,17). The largest absolute Gasteiger partial charge is 0.481 e. The Morgan fingerprint density at radius 1 is 1.59 bits per heavy atom. The van der Waals surface area contributed by atoms with Gasteiger partial charge in [-0.15, -0.1) is 0 Å². The molecule has 5 heteroatoms. The quantitative estimate of drug-likeness (QED) is 0.896. The molecule has 1 aromatic carbocycles. The zero-order valence-electron chi connectivity index (χ0n) is 9.62. The number of hydrogen-bond acceptors (Lipinski definition) is 3. The summed E-state index contributed by atoms with van der Waals surface area (Å²) < 4.78 is 0.745. The first-order valence-electron chi connectivity index (χ1n) is 5.04. The lowest BCUT2D eigenvalue weighted by molar-refractivity contribution is -0.137. The molecule has 0 aromatic heterocycles. The van der Waals surface area contributed by atoms with Crippen LogP contribution in [0.15, 0.2) is 22.7 Å². The number of benzene rings is 1. The highest BCUT2D eigenvalue weighted by atomic mass is 79.9. The second-order valence-corrected chi connectivity index (χ2v) is 5.24. The lowest BCUT2D eigenvalue weighted by atomic mass is 10.0. The van der Waals surface area contributed by atoms with Gasteiger partial charge < -0.3 is 10.4 Å². The number of nitrogens with one attached hydrogen (secondary N) is 1. The fourth-order valence-corrected chi connectivity index (χ4v) is 1.95. The van der Waals surface area contributed by atoms with Crippen molar-refractivity contribution in [2.75, 3.05) is 5.32 Å². The maximum absolute atomic E-state index is 10.7. The highest BCUT2D eigenvalue weighted by Crippen LogP contribution is 2.27. The van der Waals surface area contributed by atoms with E-state index in [1.807, 2.05) is 19.9 Å². The summed E-state index contributed by atoms with van der Waals surface area (Å²) in [4.78, 5) is 10.7. The van der Waals surface area contributed by atoms with Crippen molar-refractivity contribution in [2.24, 2.45) is 0 Å². The van der Waals surface area contributed by atoms with Crippen LogP contribution >= 0.6 is 15.9 Å². The van der Waals surface area contributed by atoms with Gasteiger partial charge in [0.05, 0.1) is 18.1 Å². The number of rotatable bonds is 4. The maximum atomic E-state index is 10.7. The fourth-order valence-electron chi connectivity index (χ4n) is 1.47. The zero-order chi connectivity index (χ0) is 13.1. The van der Waals surface area contributed by atoms with Crippen molar-refractivity contribution in [3.8, 4) is 6.07 Å². The van der Waals surface area contributed by atoms with Gasteiger partial charge in [0, 0.05) is 15.7 Å². The summed E-state index contributed by atoms with van der Waals surface area (Å²) >= 11 is 3.35. The molecular formula is C12H13BrN2O2. The van der Waals surface area contributed by atoms with Crippen LogP contribution in [0.1, 0.15) is 25.8 Å². The molecule has 0 aliphatic rings. The monoisotopic (exact) mass is 296 g/mol. The van der Waals surface area contributed by atoms with Crippen molar-refractivity contribution in [3.63, 3.8) is 0 Å². The number of nitrogens with zero attached hydrogens (tertiary/aromatic N) is 1. The Hall–Kier alpha value is -1.54. The minimum atomic E-state index is -0.854. The first-order valence-corrected chi connectivity index (χ1v) is 5.83. The van der Waals surface area contributed by atoms with E-state index in [0.717, 1.165) is 10.2 Å². The van der Waals surface area contributed by atoms with Gasteiger partial charge in [-0.2, -0.15) is 5.26 Å². The number of anilines is 1. The predicted octanol–water partition coefficient (Wildman–Crippen LogP) is 2.99. The third kappa shape index (κ3) is 4.08. The number of carboxylic acids is 1. The SMILES string of the molecule is CC(C)(CC(=O)O)Nc1ccc(C#N)cc1Br. The minimum Gasteiger partial charge on any atom is -0.481 e. The van der Waals surface area contributed by atoms with Crippen molar-refractivity contribution in [3.05, 3.63) is 28.2 Å². The summed E-state index contributed by atoms with van der Waals surface area (Å²) in [7, 11) is 0. The normalized spacial score (nSPS) is 10.7. The van der Waals surface area contributed by atoms with E-state index in [9.17, 15) is 4.79 Å². The van der Waals surface area contributed by atoms with Crippen LogP contribution in [-0.4, -0.2) is 16.6 Å². The molecule has 0 saturated heterocycles. The molecule has 0 saturated carbocycles. The molecule has 90 valence electrons. The molecule has 0 heterocycles. The molecule has 4 nitrogen and oxygen atoms in total. The number of hydrogen-bond donors (Lipinski definition) is 2. The van der Waals surface area contributed by atoms with Crippen LogP contribution in [0.25, 0.3) is 0 Å². The van der Waals surface area contributed by atoms with Crippen LogP contribution in [0, 0.1) is 11.3 Å². The van der Waals surface area contributed by atoms with Crippen LogP contribution < -0.4 is 5.32 Å². The van der Waals surface area contributed by atoms with Crippen LogP contribution in [0.2, 0.25) is 0 Å². The third-order valence-electron chi connectivity index (χ3n) is 2.16. The Morgan fingerprint density at radius 2 is 2.24 bits per heavy atom. The van der Waals surface area contributed by atoms with Crippen LogP contribution in [0.5, 0.6) is 0 Å². The molecule has 0 bridgehead atoms. The Labute approximate surface area is 108 Å². The summed E-state index contributed by atoms with van der Waals surface area (Å²) in [5.74, 6) is -0.854. The average molecular weight is 297 g/mol. The number of nitriles is 1. The summed E-state index contributed by atoms with van der Waals surface area (Å²) in [6.07, 6.45) is 0.0133. The van der Waals surface area contributed by atoms with Crippen molar-refractivity contribution in [1.82, 2.24) is 0 Å². The third-order valence-corrected chi connectivity index (χ3v) is 2.82. The Balaban J connectivity index is 2.89. The molecule has 0 spiro atoms. The molecule has 0 fully saturated rings. The van der Waals surface area contributed by atoms with Crippen molar-refractivity contribution >= 4 is 27.6 Å². The van der Waals surface area contributed by atoms with E-state index in [-0.39, 0.29) is 6.42 Å². The van der Waals surface area contributed by atoms with E-state index in [4.69, 9.17) is 10.4 Å². The summed E-state index contributed by atoms with van der Waals surface area (Å²) in [5, 5.41) is 20.7. The van der Waals surface area contributed by atoms with Crippen molar-refractivity contribution in [1.29, 1.82) is 5.26 Å². The average Bonchev–Trinajstić information content (AvgIpc) is 2.18. The smallest absolute Gasteiger partial charge is 0.305 e. The van der Waals surface area contributed by atoms with Crippen LogP contribution in [0.3, 0.4) is 0 Å². The van der Waals surface area contributed by atoms with Crippen LogP contribution in [0.4, 0.5) is 5.69 Å². The first kappa shape index (κ1) is 13.5. The maximum Gasteiger partial charge on any atom is 0.305 e. The van der Waals surface area contributed by atoms with Gasteiger partial charge in [-0.25, -0.2) is 0 Å². The molecule has 0 amide bonds. The summed E-state index contributed by atoms with van der Waals surface area (Å²) in [6.45, 7) is 3.62. The predicted molar refractivity (Wildman–Crippen MR) is 68.8 cm³/mol. The second kappa shape index (κ2) is 5.19. The highest BCUT2D eigenvalue weighted by molar-refractivity contribution is 9.10. The molecule has 0 aliphatic heterocycles. The topological polar surface area (TPSA) is 73.1 Å². The molecule has 0 atom stereocenters. The van der Waals surface area contributed by atoms with Crippen LogP contribution in [-0.2, 0) is 4.79 Å². The van der Waals surface area contributed by atoms with Gasteiger partial charge >= 0.3 is 5.97 Å². The lowest BCUT2D eigenvalue weighted by Crippen LogP contribution is -2.33. The van der Waals surface area contributed by atoms with Gasteiger partial charge in [0.15, 0.2) is 0 Å². The Bertz CT molecular complexity index is 478. The Kier molecular flexibility index (Phi) is 4.13. The number of carboxylic acid groups (broad SMARTS) is 1. The molecule has 17 heavy (non-hydrogen) atoms. The summed E-state index contributed by atoms with van der Waals surface area (Å²) in [5.41, 5.74) is 0.774. The summed E-state index contributed by atoms with van der Waals surface area (Å²) in [6, 6.07) is 7.17. The van der Waals surface area contributed by atoms with Gasteiger partial charge in [0.2, 0.25) is 0 Å². The molecule has 1 rings (SSSR count). The van der Waals surface area contributed by atoms with E-state index in [1.165, 1.54) is 0 Å². The van der Waals surface area contributed by atoms with Gasteiger partial charge in [0.25, 0.3) is 0 Å². The van der Waals surface area contributed by atoms with E-state index in [1.54, 1.807) is 18.2 Å². The van der Waals surface area contributed by atoms with Gasteiger partial charge in [0.1, 0.15) is 0 Å². The molecule has 0 unspecified atom stereocenters. The van der Waals surface area contributed by atoms with Gasteiger partial charge in [-0.1, -0.05) is 0 Å². The zero-order valence-corrected chi connectivity index (χ0v) is 11.2. The van der Waals surface area contributed by atoms with E-state index < -0.39 is 11.5 Å². The molecule has 0 aliphatic carbocycles. The molecule has 2 N–H and O–H groups in total. The second-order valence-electron chi connectivity index (χ2n) is 4.39. The fraction of sp³-hybridized carbons (Fsp3) is 0.333. The number of aliphatic carboxylic acids is 1. The van der Waals surface area contributed by atoms with Crippen molar-refractivity contribution in [2.45, 2.75) is 25.8 Å². The first-order chi connectivity index (χ1) is 7.84. The number of carbonyl (C=O) groups is 1. The van der Waals surface area contributed by atoms with Gasteiger partial charge in [-0.3, -0.25) is 4.79 Å². The minimum absolute atomic E-state index is 0.0133. The number of halogens is 1. The van der Waals surface area contributed by atoms with E-state index in [0.29, 0.717) is 5.56 Å². The molecular weight excluding hydrogens is 284 g/mol.